The molecular formula is C37H63NO12. The second kappa shape index (κ2) is 19.0. The molecule has 1 aliphatic heterocycles. The number of rotatable bonds is 19. The molecule has 0 aromatic heterocycles. The van der Waals surface area contributed by atoms with E-state index in [0.29, 0.717) is 12.0 Å². The minimum absolute atomic E-state index is 0.154. The van der Waals surface area contributed by atoms with E-state index in [4.69, 9.17) is 23.7 Å². The summed E-state index contributed by atoms with van der Waals surface area (Å²) in [4.78, 5) is 28.7. The van der Waals surface area contributed by atoms with E-state index in [1.54, 1.807) is 58.0 Å². The van der Waals surface area contributed by atoms with Crippen molar-refractivity contribution >= 4 is 11.9 Å². The molecule has 13 heteroatoms. The highest BCUT2D eigenvalue weighted by Crippen LogP contribution is 2.38. The summed E-state index contributed by atoms with van der Waals surface area (Å²) >= 11 is 0. The number of likely N-dealkylation sites (N-methyl/N-ethyl adjacent to an activating group) is 1. The standard InChI is InChI=1S/C37H63NO12/c1-12-28(36(7,45)20-39)48-33(43)24(5)30(42)23(4)32(37(8,46-11)19-21(2)29(41)25(6)40)50-35-31(27(38(9)10)18-22(3)47-35)49-34(44)26-16-14-13-15-17-26/h13-17,21-25,27-32,35,39-42,45H,12,18-20H2,1-11H3/t21-,22-,23+,24-,25?,27+,28-,29+,30+,31-,32-,35?,36+,37-/m1/s1. The van der Waals surface area contributed by atoms with Crippen LogP contribution in [-0.2, 0) is 28.5 Å². The van der Waals surface area contributed by atoms with Gasteiger partial charge in [0.05, 0.1) is 60.3 Å². The molecule has 0 amide bonds. The summed E-state index contributed by atoms with van der Waals surface area (Å²) in [6.07, 6.45) is -7.06. The highest BCUT2D eigenvalue weighted by Gasteiger charge is 2.50. The lowest BCUT2D eigenvalue weighted by molar-refractivity contribution is -0.301. The highest BCUT2D eigenvalue weighted by molar-refractivity contribution is 5.89. The van der Waals surface area contributed by atoms with E-state index in [0.717, 1.165) is 0 Å². The molecule has 0 saturated carbocycles. The van der Waals surface area contributed by atoms with Crippen LogP contribution in [0.15, 0.2) is 30.3 Å². The van der Waals surface area contributed by atoms with Crippen LogP contribution in [0.5, 0.6) is 0 Å². The number of ether oxygens (including phenoxy) is 5. The zero-order valence-electron chi connectivity index (χ0n) is 31.7. The zero-order valence-corrected chi connectivity index (χ0v) is 31.7. The average Bonchev–Trinajstić information content (AvgIpc) is 3.08. The topological polar surface area (TPSA) is 185 Å². The van der Waals surface area contributed by atoms with Gasteiger partial charge >= 0.3 is 11.9 Å². The van der Waals surface area contributed by atoms with Crippen LogP contribution in [0, 0.1) is 17.8 Å². The van der Waals surface area contributed by atoms with Crippen molar-refractivity contribution in [2.45, 2.75) is 141 Å². The Balaban J connectivity index is 2.58. The first-order chi connectivity index (χ1) is 23.2. The fraction of sp³-hybridized carbons (Fsp3) is 0.784. The molecule has 0 aliphatic carbocycles. The van der Waals surface area contributed by atoms with Crippen molar-refractivity contribution in [3.8, 4) is 0 Å². The molecule has 1 aromatic carbocycles. The average molecular weight is 714 g/mol. The van der Waals surface area contributed by atoms with Crippen molar-refractivity contribution in [1.29, 1.82) is 0 Å². The summed E-state index contributed by atoms with van der Waals surface area (Å²) in [5.74, 6) is -3.83. The molecule has 1 heterocycles. The number of methoxy groups -OCH3 is 1. The first-order valence-electron chi connectivity index (χ1n) is 17.6. The molecule has 50 heavy (non-hydrogen) atoms. The molecule has 0 bridgehead atoms. The van der Waals surface area contributed by atoms with Crippen LogP contribution in [0.25, 0.3) is 0 Å². The van der Waals surface area contributed by atoms with Crippen LogP contribution in [0.1, 0.15) is 85.0 Å². The van der Waals surface area contributed by atoms with Crippen molar-refractivity contribution in [3.05, 3.63) is 35.9 Å². The number of nitrogens with zero attached hydrogens (tertiary/aromatic N) is 1. The van der Waals surface area contributed by atoms with E-state index >= 15 is 0 Å². The van der Waals surface area contributed by atoms with E-state index < -0.39 is 90.4 Å². The van der Waals surface area contributed by atoms with Gasteiger partial charge in [-0.05, 0) is 86.0 Å². The molecular weight excluding hydrogens is 650 g/mol. The van der Waals surface area contributed by atoms with Gasteiger partial charge in [0.25, 0.3) is 0 Å². The summed E-state index contributed by atoms with van der Waals surface area (Å²) in [6.45, 7) is 12.5. The maximum absolute atomic E-state index is 13.4. The third-order valence-electron chi connectivity index (χ3n) is 10.2. The Bertz CT molecular complexity index is 1180. The number of hydrogen-bond donors (Lipinski definition) is 5. The Morgan fingerprint density at radius 2 is 1.64 bits per heavy atom. The van der Waals surface area contributed by atoms with Crippen molar-refractivity contribution in [2.24, 2.45) is 17.8 Å². The predicted octanol–water partition coefficient (Wildman–Crippen LogP) is 2.53. The summed E-state index contributed by atoms with van der Waals surface area (Å²) in [6, 6.07) is 8.25. The maximum Gasteiger partial charge on any atom is 0.338 e. The number of carbonyl (C=O) groups excluding carboxylic acids is 2. The van der Waals surface area contributed by atoms with Gasteiger partial charge in [-0.15, -0.1) is 0 Å². The lowest BCUT2D eigenvalue weighted by Gasteiger charge is -2.48. The van der Waals surface area contributed by atoms with Crippen molar-refractivity contribution in [2.75, 3.05) is 27.8 Å². The largest absolute Gasteiger partial charge is 0.459 e. The predicted molar refractivity (Wildman–Crippen MR) is 186 cm³/mol. The fourth-order valence-corrected chi connectivity index (χ4v) is 6.82. The van der Waals surface area contributed by atoms with E-state index in [1.807, 2.05) is 25.9 Å². The molecule has 0 spiro atoms. The quantitative estimate of drug-likeness (QED) is 0.132. The van der Waals surface area contributed by atoms with Crippen LogP contribution in [0.2, 0.25) is 0 Å². The highest BCUT2D eigenvalue weighted by atomic mass is 16.7. The Hall–Kier alpha value is -2.20. The van der Waals surface area contributed by atoms with Crippen molar-refractivity contribution < 1.29 is 58.8 Å². The summed E-state index contributed by atoms with van der Waals surface area (Å²) < 4.78 is 30.9. The van der Waals surface area contributed by atoms with Crippen LogP contribution in [0.4, 0.5) is 0 Å². The number of hydrogen-bond acceptors (Lipinski definition) is 13. The second-order valence-corrected chi connectivity index (χ2v) is 14.8. The van der Waals surface area contributed by atoms with Crippen LogP contribution >= 0.6 is 0 Å². The van der Waals surface area contributed by atoms with Gasteiger partial charge in [-0.1, -0.05) is 39.0 Å². The zero-order chi connectivity index (χ0) is 38.1. The third-order valence-corrected chi connectivity index (χ3v) is 10.2. The van der Waals surface area contributed by atoms with E-state index in [9.17, 15) is 35.1 Å². The molecule has 13 nitrogen and oxygen atoms in total. The molecule has 1 aromatic rings. The lowest BCUT2D eigenvalue weighted by Crippen LogP contribution is -2.60. The molecule has 1 saturated heterocycles. The minimum Gasteiger partial charge on any atom is -0.459 e. The Kier molecular flexibility index (Phi) is 16.7. The lowest BCUT2D eigenvalue weighted by atomic mass is 9.76. The van der Waals surface area contributed by atoms with Gasteiger partial charge in [0, 0.05) is 13.0 Å². The number of carbonyl (C=O) groups is 2. The molecule has 288 valence electrons. The minimum atomic E-state index is -1.69. The van der Waals surface area contributed by atoms with Crippen molar-refractivity contribution in [1.82, 2.24) is 4.90 Å². The summed E-state index contributed by atoms with van der Waals surface area (Å²) in [7, 11) is 5.21. The molecule has 2 unspecified atom stereocenters. The third kappa shape index (κ3) is 11.1. The number of aliphatic hydroxyl groups excluding tert-OH is 4. The summed E-state index contributed by atoms with van der Waals surface area (Å²) in [5, 5.41) is 52.9. The molecule has 0 radical (unpaired) electrons. The number of esters is 2. The van der Waals surface area contributed by atoms with Gasteiger partial charge in [-0.2, -0.15) is 0 Å². The Labute approximate surface area is 297 Å². The monoisotopic (exact) mass is 713 g/mol. The first-order valence-corrected chi connectivity index (χ1v) is 17.6. The molecule has 2 rings (SSSR count). The van der Waals surface area contributed by atoms with E-state index in [1.165, 1.54) is 27.9 Å². The molecule has 1 aliphatic rings. The van der Waals surface area contributed by atoms with Crippen LogP contribution in [-0.4, -0.2) is 136 Å². The molecule has 14 atom stereocenters. The second-order valence-electron chi connectivity index (χ2n) is 14.8. The van der Waals surface area contributed by atoms with Crippen molar-refractivity contribution in [3.63, 3.8) is 0 Å². The van der Waals surface area contributed by atoms with Gasteiger partial charge < -0.3 is 54.1 Å². The van der Waals surface area contributed by atoms with Crippen LogP contribution < -0.4 is 0 Å². The van der Waals surface area contributed by atoms with Crippen LogP contribution in [0.3, 0.4) is 0 Å². The molecule has 1 fully saturated rings. The maximum atomic E-state index is 13.4. The van der Waals surface area contributed by atoms with E-state index in [-0.39, 0.29) is 25.0 Å². The van der Waals surface area contributed by atoms with Gasteiger partial charge in [0.1, 0.15) is 11.7 Å². The Morgan fingerprint density at radius 1 is 1.04 bits per heavy atom. The van der Waals surface area contributed by atoms with Gasteiger partial charge in [0.2, 0.25) is 0 Å². The van der Waals surface area contributed by atoms with Gasteiger partial charge in [-0.25, -0.2) is 4.79 Å². The first kappa shape index (κ1) is 44.0. The van der Waals surface area contributed by atoms with Gasteiger partial charge in [0.15, 0.2) is 12.4 Å². The molecule has 5 N–H and O–H groups in total. The van der Waals surface area contributed by atoms with E-state index in [2.05, 4.69) is 0 Å². The smallest absolute Gasteiger partial charge is 0.338 e. The normalized spacial score (nSPS) is 27.1. The SMILES string of the molecule is CC[C@@H](OC(=O)[C@H](C)[C@@H](O)[C@H](C)[C@@H](OC1O[C@H](C)C[C@H](N(C)C)[C@H]1OC(=O)c1ccccc1)[C@@](C)(C[C@@H](C)[C@H](O)C(C)O)OC)[C@@](C)(O)CO. The number of aliphatic hydroxyl groups is 5. The fourth-order valence-electron chi connectivity index (χ4n) is 6.82. The number of benzene rings is 1. The summed E-state index contributed by atoms with van der Waals surface area (Å²) in [5.41, 5.74) is -2.59. The Morgan fingerprint density at radius 3 is 2.14 bits per heavy atom. The van der Waals surface area contributed by atoms with Gasteiger partial charge in [-0.3, -0.25) is 4.79 Å².